The summed E-state index contributed by atoms with van der Waals surface area (Å²) in [6.07, 6.45) is 4.71. The number of aromatic nitrogens is 3. The van der Waals surface area contributed by atoms with Crippen molar-refractivity contribution < 1.29 is 9.90 Å². The molecule has 5 rings (SSSR count). The molecule has 1 aliphatic heterocycles. The van der Waals surface area contributed by atoms with Gasteiger partial charge >= 0.3 is 0 Å². The summed E-state index contributed by atoms with van der Waals surface area (Å²) in [6.45, 7) is 0. The van der Waals surface area contributed by atoms with Crippen molar-refractivity contribution in [2.45, 2.75) is 25.0 Å². The van der Waals surface area contributed by atoms with Crippen molar-refractivity contribution in [2.75, 3.05) is 7.05 Å². The van der Waals surface area contributed by atoms with Gasteiger partial charge in [-0.15, -0.1) is 11.3 Å². The van der Waals surface area contributed by atoms with Crippen molar-refractivity contribution in [1.82, 2.24) is 19.9 Å². The van der Waals surface area contributed by atoms with Crippen molar-refractivity contribution in [3.63, 3.8) is 0 Å². The highest BCUT2D eigenvalue weighted by molar-refractivity contribution is 7.13. The first-order valence-electron chi connectivity index (χ1n) is 8.70. The van der Waals surface area contributed by atoms with Crippen LogP contribution >= 0.6 is 11.3 Å². The van der Waals surface area contributed by atoms with Crippen LogP contribution in [-0.2, 0) is 6.42 Å². The number of aliphatic hydroxyl groups excluding tert-OH is 1. The molecule has 0 saturated carbocycles. The Labute approximate surface area is 154 Å². The number of carbonyl (C=O) groups excluding carboxylic acids is 1. The van der Waals surface area contributed by atoms with E-state index in [1.807, 2.05) is 24.7 Å². The summed E-state index contributed by atoms with van der Waals surface area (Å²) in [7, 11) is 1.60. The summed E-state index contributed by atoms with van der Waals surface area (Å²) < 4.78 is 2.16. The van der Waals surface area contributed by atoms with Crippen molar-refractivity contribution in [3.8, 4) is 11.3 Å². The number of hydrogen-bond acceptors (Lipinski definition) is 5. The molecule has 132 valence electrons. The molecular weight excluding hydrogens is 348 g/mol. The summed E-state index contributed by atoms with van der Waals surface area (Å²) in [4.78, 5) is 21.7. The van der Waals surface area contributed by atoms with E-state index in [2.05, 4.69) is 32.0 Å². The second-order valence-electron chi connectivity index (χ2n) is 6.77. The zero-order valence-electron chi connectivity index (χ0n) is 14.2. The van der Waals surface area contributed by atoms with Crippen LogP contribution < -0.4 is 5.32 Å². The molecule has 2 aromatic heterocycles. The van der Waals surface area contributed by atoms with Crippen molar-refractivity contribution in [3.05, 3.63) is 57.9 Å². The minimum absolute atomic E-state index is 0.00117. The largest absolute Gasteiger partial charge is 0.386 e. The van der Waals surface area contributed by atoms with Crippen LogP contribution in [0.25, 0.3) is 11.3 Å². The number of thiazole rings is 1. The first kappa shape index (κ1) is 15.7. The summed E-state index contributed by atoms with van der Waals surface area (Å²) in [6, 6.07) is 8.35. The number of hydrogen-bond donors (Lipinski definition) is 2. The Morgan fingerprint density at radius 1 is 1.38 bits per heavy atom. The molecule has 0 fully saturated rings. The second kappa shape index (κ2) is 5.75. The molecule has 3 atom stereocenters. The fourth-order valence-electron chi connectivity index (χ4n) is 4.28. The van der Waals surface area contributed by atoms with Gasteiger partial charge in [-0.3, -0.25) is 4.79 Å². The Bertz CT molecular complexity index is 1010. The fourth-order valence-corrected chi connectivity index (χ4v) is 5.34. The number of nitrogens with zero attached hydrogens (tertiary/aromatic N) is 3. The Hall–Kier alpha value is -2.51. The minimum Gasteiger partial charge on any atom is -0.386 e. The van der Waals surface area contributed by atoms with Gasteiger partial charge in [0.1, 0.15) is 6.10 Å². The predicted molar refractivity (Wildman–Crippen MR) is 98.1 cm³/mol. The Morgan fingerprint density at radius 3 is 3.08 bits per heavy atom. The van der Waals surface area contributed by atoms with Gasteiger partial charge in [-0.05, 0) is 18.4 Å². The number of imidazole rings is 1. The molecule has 1 aliphatic carbocycles. The molecule has 0 bridgehead atoms. The van der Waals surface area contributed by atoms with E-state index in [0.29, 0.717) is 10.7 Å². The van der Waals surface area contributed by atoms with Crippen LogP contribution in [0, 0.1) is 5.92 Å². The number of rotatable bonds is 2. The molecule has 0 unspecified atom stereocenters. The number of benzene rings is 1. The molecule has 2 N–H and O–H groups in total. The van der Waals surface area contributed by atoms with Gasteiger partial charge in [-0.2, -0.15) is 0 Å². The number of aliphatic hydroxyl groups is 1. The first-order valence-corrected chi connectivity index (χ1v) is 9.51. The lowest BCUT2D eigenvalue weighted by Crippen LogP contribution is -2.28. The molecular formula is C19H18N4O2S. The lowest BCUT2D eigenvalue weighted by molar-refractivity contribution is 0.0690. The molecule has 2 aliphatic rings. The van der Waals surface area contributed by atoms with Gasteiger partial charge in [-0.1, -0.05) is 24.3 Å². The molecule has 1 amide bonds. The quantitative estimate of drug-likeness (QED) is 0.730. The van der Waals surface area contributed by atoms with Gasteiger partial charge in [0, 0.05) is 23.4 Å². The van der Waals surface area contributed by atoms with E-state index >= 15 is 0 Å². The third-order valence-electron chi connectivity index (χ3n) is 5.47. The molecule has 3 aromatic rings. The highest BCUT2D eigenvalue weighted by Crippen LogP contribution is 2.50. The summed E-state index contributed by atoms with van der Waals surface area (Å²) in [5, 5.41) is 14.1. The molecule has 6 nitrogen and oxygen atoms in total. The van der Waals surface area contributed by atoms with Crippen molar-refractivity contribution >= 4 is 17.2 Å². The van der Waals surface area contributed by atoms with Crippen LogP contribution in [0.3, 0.4) is 0 Å². The van der Waals surface area contributed by atoms with Crippen molar-refractivity contribution in [2.24, 2.45) is 5.92 Å². The maximum absolute atomic E-state index is 11.9. The number of fused-ring (bicyclic) bond motifs is 4. The van der Waals surface area contributed by atoms with Gasteiger partial charge in [-0.25, -0.2) is 9.97 Å². The number of carbonyl (C=O) groups is 1. The van der Waals surface area contributed by atoms with Crippen LogP contribution in [0.1, 0.15) is 44.5 Å². The zero-order chi connectivity index (χ0) is 17.8. The predicted octanol–water partition coefficient (Wildman–Crippen LogP) is 2.57. The van der Waals surface area contributed by atoms with E-state index in [9.17, 15) is 9.90 Å². The van der Waals surface area contributed by atoms with E-state index in [0.717, 1.165) is 23.4 Å². The summed E-state index contributed by atoms with van der Waals surface area (Å²) in [5.41, 5.74) is 4.15. The highest BCUT2D eigenvalue weighted by atomic mass is 32.1. The summed E-state index contributed by atoms with van der Waals surface area (Å²) in [5.74, 6) is -0.199. The maximum Gasteiger partial charge on any atom is 0.280 e. The van der Waals surface area contributed by atoms with Crippen molar-refractivity contribution in [1.29, 1.82) is 0 Å². The molecule has 0 spiro atoms. The Balaban J connectivity index is 1.56. The van der Waals surface area contributed by atoms with Crippen LogP contribution in [0.4, 0.5) is 0 Å². The monoisotopic (exact) mass is 366 g/mol. The van der Waals surface area contributed by atoms with Crippen LogP contribution in [-0.4, -0.2) is 32.6 Å². The smallest absolute Gasteiger partial charge is 0.280 e. The average Bonchev–Trinajstić information content (AvgIpc) is 3.36. The number of amides is 1. The minimum atomic E-state index is -0.695. The van der Waals surface area contributed by atoms with Crippen LogP contribution in [0.15, 0.2) is 36.8 Å². The number of aryl methyl sites for hydroxylation is 1. The van der Waals surface area contributed by atoms with Gasteiger partial charge < -0.3 is 15.0 Å². The van der Waals surface area contributed by atoms with E-state index in [-0.39, 0.29) is 17.9 Å². The third kappa shape index (κ3) is 2.10. The van der Waals surface area contributed by atoms with Crippen LogP contribution in [0.2, 0.25) is 0 Å². The Kier molecular flexibility index (Phi) is 3.48. The van der Waals surface area contributed by atoms with E-state index in [4.69, 9.17) is 0 Å². The zero-order valence-corrected chi connectivity index (χ0v) is 15.0. The topological polar surface area (TPSA) is 80.0 Å². The second-order valence-corrected chi connectivity index (χ2v) is 7.86. The van der Waals surface area contributed by atoms with Gasteiger partial charge in [0.15, 0.2) is 5.01 Å². The molecule has 1 aromatic carbocycles. The maximum atomic E-state index is 11.9. The normalized spacial score (nSPS) is 23.2. The highest BCUT2D eigenvalue weighted by Gasteiger charge is 2.42. The average molecular weight is 366 g/mol. The van der Waals surface area contributed by atoms with Crippen LogP contribution in [0.5, 0.6) is 0 Å². The van der Waals surface area contributed by atoms with Gasteiger partial charge in [0.2, 0.25) is 0 Å². The third-order valence-corrected chi connectivity index (χ3v) is 6.60. The molecule has 0 saturated heterocycles. The van der Waals surface area contributed by atoms with Gasteiger partial charge in [0.05, 0.1) is 30.0 Å². The molecule has 7 heteroatoms. The molecule has 3 heterocycles. The molecule has 26 heavy (non-hydrogen) atoms. The fraction of sp³-hybridized carbons (Fsp3) is 0.316. The SMILES string of the molecule is CNC(=O)c1nc2c(s1)CC[C@@H]([C@@H]1c3ccccc3-c3cncn31)[C@H]2O. The van der Waals surface area contributed by atoms with E-state index in [1.165, 1.54) is 22.5 Å². The lowest BCUT2D eigenvalue weighted by Gasteiger charge is -2.33. The van der Waals surface area contributed by atoms with E-state index in [1.54, 1.807) is 7.05 Å². The first-order chi connectivity index (χ1) is 12.7. The van der Waals surface area contributed by atoms with E-state index < -0.39 is 6.10 Å². The summed E-state index contributed by atoms with van der Waals surface area (Å²) >= 11 is 1.39. The standard InChI is InChI=1S/C19H18N4O2S/c1-20-18(25)19-22-15-14(26-19)7-6-12(17(15)24)16-11-5-3-2-4-10(11)13-8-21-9-23(13)16/h2-5,8-9,12,16-17,24H,6-7H2,1H3,(H,20,25)/t12-,16-,17+/m0/s1. The molecule has 0 radical (unpaired) electrons. The van der Waals surface area contributed by atoms with Gasteiger partial charge in [0.25, 0.3) is 5.91 Å². The number of nitrogens with one attached hydrogen (secondary N) is 1. The Morgan fingerprint density at radius 2 is 2.23 bits per heavy atom. The lowest BCUT2D eigenvalue weighted by atomic mass is 9.80.